The first kappa shape index (κ1) is 39.0. The molecule has 252 valence electrons. The van der Waals surface area contributed by atoms with Crippen LogP contribution < -0.4 is 0 Å². The van der Waals surface area contributed by atoms with E-state index in [1.54, 1.807) is 0 Å². The Labute approximate surface area is 250 Å². The Morgan fingerprint density at radius 2 is 1.22 bits per heavy atom. The number of halogens is 9. The van der Waals surface area contributed by atoms with Gasteiger partial charge in [-0.1, -0.05) is 12.1 Å². The third-order valence-corrected chi connectivity index (χ3v) is 6.23. The van der Waals surface area contributed by atoms with E-state index >= 15 is 0 Å². The zero-order chi connectivity index (χ0) is 34.5. The minimum absolute atomic E-state index is 0.481. The second-order valence-electron chi connectivity index (χ2n) is 9.87. The van der Waals surface area contributed by atoms with Gasteiger partial charge in [0.25, 0.3) is 0 Å². The molecule has 1 unspecified atom stereocenters. The van der Waals surface area contributed by atoms with Crippen molar-refractivity contribution in [2.24, 2.45) is 5.41 Å². The van der Waals surface area contributed by atoms with E-state index in [1.165, 1.54) is 56.7 Å². The SMILES string of the molecule is O=C(O)C(F)(F)F.O=C(O)C(F)(F)F.O=C(O)C(F)(F)F.c1ccc(CN2CCCC3(CCN(Cc4cccnc4)C3)C2)nc1. The molecule has 1 atom stereocenters. The van der Waals surface area contributed by atoms with E-state index in [9.17, 15) is 39.5 Å². The average Bonchev–Trinajstić information content (AvgIpc) is 3.30. The van der Waals surface area contributed by atoms with Crippen LogP contribution in [-0.4, -0.2) is 97.7 Å². The Kier molecular flexibility index (Phi) is 14.7. The number of carbonyl (C=O) groups is 3. The fraction of sp³-hybridized carbons (Fsp3) is 0.500. The molecule has 0 bridgehead atoms. The quantitative estimate of drug-likeness (QED) is 0.388. The van der Waals surface area contributed by atoms with E-state index in [1.807, 2.05) is 30.7 Å². The van der Waals surface area contributed by atoms with Crippen LogP contribution in [0.2, 0.25) is 0 Å². The van der Waals surface area contributed by atoms with Crippen molar-refractivity contribution < 1.29 is 69.2 Å². The Morgan fingerprint density at radius 3 is 1.64 bits per heavy atom. The van der Waals surface area contributed by atoms with Crippen LogP contribution >= 0.6 is 0 Å². The predicted octanol–water partition coefficient (Wildman–Crippen LogP) is 4.86. The van der Waals surface area contributed by atoms with Crippen LogP contribution in [0, 0.1) is 5.41 Å². The summed E-state index contributed by atoms with van der Waals surface area (Å²) in [5.74, 6) is -8.27. The molecule has 0 saturated carbocycles. The third kappa shape index (κ3) is 15.5. The molecule has 0 radical (unpaired) electrons. The van der Waals surface area contributed by atoms with Crippen LogP contribution in [0.1, 0.15) is 30.5 Å². The van der Waals surface area contributed by atoms with Gasteiger partial charge in [-0.05, 0) is 61.5 Å². The minimum atomic E-state index is -5.08. The molecule has 10 nitrogen and oxygen atoms in total. The van der Waals surface area contributed by atoms with Crippen molar-refractivity contribution >= 4 is 17.9 Å². The number of alkyl halides is 9. The number of aliphatic carboxylic acids is 3. The first-order valence-electron chi connectivity index (χ1n) is 12.8. The monoisotopic (exact) mass is 664 g/mol. The van der Waals surface area contributed by atoms with Crippen LogP contribution in [0.25, 0.3) is 0 Å². The fourth-order valence-electron chi connectivity index (χ4n) is 4.41. The Balaban J connectivity index is 0.000000396. The van der Waals surface area contributed by atoms with Crippen LogP contribution in [0.15, 0.2) is 48.9 Å². The zero-order valence-electron chi connectivity index (χ0n) is 23.2. The lowest BCUT2D eigenvalue weighted by molar-refractivity contribution is -0.193. The van der Waals surface area contributed by atoms with Crippen molar-refractivity contribution in [3.05, 3.63) is 60.2 Å². The number of carboxylic acid groups (broad SMARTS) is 3. The van der Waals surface area contributed by atoms with Gasteiger partial charge >= 0.3 is 36.4 Å². The summed E-state index contributed by atoms with van der Waals surface area (Å²) in [6.07, 6.45) is -5.49. The summed E-state index contributed by atoms with van der Waals surface area (Å²) in [4.78, 5) is 40.7. The summed E-state index contributed by atoms with van der Waals surface area (Å²) in [6.45, 7) is 6.89. The lowest BCUT2D eigenvalue weighted by Crippen LogP contribution is -2.44. The van der Waals surface area contributed by atoms with Gasteiger partial charge in [0.1, 0.15) is 0 Å². The molecule has 0 aliphatic carbocycles. The van der Waals surface area contributed by atoms with Gasteiger partial charge in [-0.25, -0.2) is 14.4 Å². The molecule has 2 fully saturated rings. The summed E-state index contributed by atoms with van der Waals surface area (Å²) in [5.41, 5.74) is 3.00. The van der Waals surface area contributed by atoms with Gasteiger partial charge in [0.2, 0.25) is 0 Å². The van der Waals surface area contributed by atoms with Crippen molar-refractivity contribution in [1.29, 1.82) is 0 Å². The standard InChI is InChI=1S/C20H26N4.3C2HF3O2/c1-2-10-22-19(6-1)15-23-11-4-7-20(16-23)8-12-24(17-20)14-18-5-3-9-21-13-18;3*3-2(4,5)1(6)7/h1-3,5-6,9-10,13H,4,7-8,11-12,14-17H2;3*(H,6,7). The van der Waals surface area contributed by atoms with Crippen molar-refractivity contribution in [2.75, 3.05) is 26.2 Å². The van der Waals surface area contributed by atoms with Crippen LogP contribution in [-0.2, 0) is 27.5 Å². The van der Waals surface area contributed by atoms with Crippen LogP contribution in [0.3, 0.4) is 0 Å². The van der Waals surface area contributed by atoms with Crippen molar-refractivity contribution in [3.8, 4) is 0 Å². The summed E-state index contributed by atoms with van der Waals surface area (Å²) in [7, 11) is 0. The molecular formula is C26H29F9N4O6. The number of carboxylic acids is 3. The summed E-state index contributed by atoms with van der Waals surface area (Å²) in [6, 6.07) is 10.5. The number of hydrogen-bond donors (Lipinski definition) is 3. The average molecular weight is 665 g/mol. The van der Waals surface area contributed by atoms with E-state index in [0.29, 0.717) is 5.41 Å². The van der Waals surface area contributed by atoms with Crippen LogP contribution in [0.5, 0.6) is 0 Å². The zero-order valence-corrected chi connectivity index (χ0v) is 23.2. The highest BCUT2D eigenvalue weighted by molar-refractivity contribution is 5.73. The van der Waals surface area contributed by atoms with Gasteiger partial charge in [-0.15, -0.1) is 0 Å². The second-order valence-corrected chi connectivity index (χ2v) is 9.87. The molecule has 0 amide bonds. The first-order valence-corrected chi connectivity index (χ1v) is 12.8. The van der Waals surface area contributed by atoms with Gasteiger partial charge in [0.05, 0.1) is 5.69 Å². The largest absolute Gasteiger partial charge is 0.490 e. The third-order valence-electron chi connectivity index (χ3n) is 6.23. The Hall–Kier alpha value is -4.00. The molecular weight excluding hydrogens is 635 g/mol. The summed E-state index contributed by atoms with van der Waals surface area (Å²) < 4.78 is 95.2. The topological polar surface area (TPSA) is 144 Å². The van der Waals surface area contributed by atoms with Gasteiger partial charge in [0.15, 0.2) is 0 Å². The highest BCUT2D eigenvalue weighted by atomic mass is 19.4. The molecule has 3 N–H and O–H groups in total. The van der Waals surface area contributed by atoms with Gasteiger partial charge < -0.3 is 15.3 Å². The lowest BCUT2D eigenvalue weighted by Gasteiger charge is -2.40. The van der Waals surface area contributed by atoms with E-state index < -0.39 is 36.4 Å². The maximum absolute atomic E-state index is 10.6. The number of piperidine rings is 1. The number of aromatic nitrogens is 2. The number of rotatable bonds is 4. The lowest BCUT2D eigenvalue weighted by atomic mass is 9.79. The molecule has 4 rings (SSSR count). The smallest absolute Gasteiger partial charge is 0.475 e. The predicted molar refractivity (Wildman–Crippen MR) is 136 cm³/mol. The maximum atomic E-state index is 10.6. The molecule has 2 aromatic rings. The highest BCUT2D eigenvalue weighted by Gasteiger charge is 2.41. The van der Waals surface area contributed by atoms with Gasteiger partial charge in [-0.3, -0.25) is 19.8 Å². The molecule has 1 spiro atoms. The van der Waals surface area contributed by atoms with E-state index in [-0.39, 0.29) is 0 Å². The molecule has 0 aromatic carbocycles. The molecule has 45 heavy (non-hydrogen) atoms. The number of likely N-dealkylation sites (tertiary alicyclic amines) is 2. The van der Waals surface area contributed by atoms with Crippen molar-refractivity contribution in [1.82, 2.24) is 19.8 Å². The normalized spacial score (nSPS) is 18.8. The fourth-order valence-corrected chi connectivity index (χ4v) is 4.41. The number of pyridine rings is 2. The number of hydrogen-bond acceptors (Lipinski definition) is 7. The maximum Gasteiger partial charge on any atom is 0.490 e. The van der Waals surface area contributed by atoms with Crippen LogP contribution in [0.4, 0.5) is 39.5 Å². The van der Waals surface area contributed by atoms with Gasteiger partial charge in [0, 0.05) is 44.8 Å². The van der Waals surface area contributed by atoms with Crippen molar-refractivity contribution in [3.63, 3.8) is 0 Å². The van der Waals surface area contributed by atoms with E-state index in [0.717, 1.165) is 13.1 Å². The molecule has 2 aromatic heterocycles. The van der Waals surface area contributed by atoms with Crippen molar-refractivity contribution in [2.45, 2.75) is 50.9 Å². The van der Waals surface area contributed by atoms with Gasteiger partial charge in [-0.2, -0.15) is 39.5 Å². The molecule has 4 heterocycles. The molecule has 2 aliphatic rings. The summed E-state index contributed by atoms with van der Waals surface area (Å²) >= 11 is 0. The Morgan fingerprint density at radius 1 is 0.711 bits per heavy atom. The van der Waals surface area contributed by atoms with E-state index in [4.69, 9.17) is 29.7 Å². The van der Waals surface area contributed by atoms with E-state index in [2.05, 4.69) is 38.0 Å². The minimum Gasteiger partial charge on any atom is -0.475 e. The molecule has 19 heteroatoms. The molecule has 2 saturated heterocycles. The second kappa shape index (κ2) is 16.9. The molecule has 2 aliphatic heterocycles. The summed E-state index contributed by atoms with van der Waals surface area (Å²) in [5, 5.41) is 21.4. The number of nitrogens with zero attached hydrogens (tertiary/aromatic N) is 4. The highest BCUT2D eigenvalue weighted by Crippen LogP contribution is 2.39. The Bertz CT molecular complexity index is 1160. The first-order chi connectivity index (χ1) is 20.6.